The number of imidazole rings is 1. The molecule has 1 unspecified atom stereocenters. The molecule has 1 saturated heterocycles. The van der Waals surface area contributed by atoms with Gasteiger partial charge in [0.1, 0.15) is 32.9 Å². The number of aromatic nitrogens is 4. The summed E-state index contributed by atoms with van der Waals surface area (Å²) < 4.78 is 21.7. The van der Waals surface area contributed by atoms with Crippen LogP contribution in [0.4, 0.5) is 5.82 Å². The van der Waals surface area contributed by atoms with Gasteiger partial charge in [-0.2, -0.15) is 0 Å². The lowest BCUT2D eigenvalue weighted by molar-refractivity contribution is -0.0511. The number of nitrogens with two attached hydrogens (primary N) is 1. The molecule has 0 aromatic carbocycles. The van der Waals surface area contributed by atoms with Crippen molar-refractivity contribution in [3.8, 4) is 0 Å². The summed E-state index contributed by atoms with van der Waals surface area (Å²) in [6.07, 6.45) is -5.53. The van der Waals surface area contributed by atoms with Crippen LogP contribution in [-0.4, -0.2) is 59.8 Å². The molecule has 4 atom stereocenters. The largest absolute Gasteiger partial charge is 0.394 e. The number of nitrogen functional groups attached to an aromatic ring is 1. The molecule has 9 heteroatoms. The Balaban J connectivity index is 2.15. The number of aliphatic hydroxyl groups is 3. The molecule has 3 rings (SSSR count). The van der Waals surface area contributed by atoms with Crippen molar-refractivity contribution in [1.82, 2.24) is 19.5 Å². The van der Waals surface area contributed by atoms with Crippen LogP contribution in [0.15, 0.2) is 12.6 Å². The maximum atomic E-state index is 10.0. The van der Waals surface area contributed by atoms with Crippen LogP contribution >= 0.6 is 0 Å². The molecule has 0 aliphatic carbocycles. The van der Waals surface area contributed by atoms with E-state index >= 15 is 0 Å². The average Bonchev–Trinajstić information content (AvgIpc) is 2.89. The first-order chi connectivity index (χ1) is 9.93. The number of aliphatic hydroxyl groups excluding tert-OH is 3. The summed E-state index contributed by atoms with van der Waals surface area (Å²) in [7, 11) is 0. The van der Waals surface area contributed by atoms with Gasteiger partial charge in [0, 0.05) is 0 Å². The molecule has 5 N–H and O–H groups in total. The molecule has 0 spiro atoms. The van der Waals surface area contributed by atoms with Gasteiger partial charge in [-0.3, -0.25) is 4.57 Å². The summed E-state index contributed by atoms with van der Waals surface area (Å²) in [5.74, 6) is -0.0657. The Labute approximate surface area is 110 Å². The summed E-state index contributed by atoms with van der Waals surface area (Å²) in [5, 5.41) is 28.9. The summed E-state index contributed by atoms with van der Waals surface area (Å²) in [6, 6.07) is 0. The molecule has 0 bridgehead atoms. The Morgan fingerprint density at radius 2 is 2.16 bits per heavy atom. The van der Waals surface area contributed by atoms with Gasteiger partial charge in [0.25, 0.3) is 0 Å². The Hall–Kier alpha value is -1.81. The molecule has 2 aromatic heterocycles. The minimum atomic E-state index is -1.38. The fourth-order valence-electron chi connectivity index (χ4n) is 2.04. The van der Waals surface area contributed by atoms with Gasteiger partial charge in [-0.1, -0.05) is 0 Å². The number of nitrogens with zero attached hydrogens (tertiary/aromatic N) is 4. The van der Waals surface area contributed by atoms with Crippen molar-refractivity contribution >= 4 is 17.0 Å². The van der Waals surface area contributed by atoms with E-state index in [-0.39, 0.29) is 29.6 Å². The highest BCUT2D eigenvalue weighted by Gasteiger charge is 2.43. The molecule has 1 aliphatic rings. The Morgan fingerprint density at radius 3 is 2.84 bits per heavy atom. The highest BCUT2D eigenvalue weighted by Crippen LogP contribution is 2.31. The molecular formula is C10H13N5O4. The molecule has 0 saturated carbocycles. The van der Waals surface area contributed by atoms with Gasteiger partial charge in [0.2, 0.25) is 0 Å². The quantitative estimate of drug-likeness (QED) is 0.491. The minimum absolute atomic E-state index is 0.0485. The van der Waals surface area contributed by atoms with Gasteiger partial charge in [0.05, 0.1) is 12.9 Å². The summed E-state index contributed by atoms with van der Waals surface area (Å²) in [5.41, 5.74) is 5.78. The maximum absolute atomic E-state index is 10.0. The van der Waals surface area contributed by atoms with E-state index in [1.807, 2.05) is 0 Å². The second-order valence-corrected chi connectivity index (χ2v) is 4.19. The fraction of sp³-hybridized carbons (Fsp3) is 0.500. The third kappa shape index (κ3) is 1.75. The minimum Gasteiger partial charge on any atom is -0.394 e. The van der Waals surface area contributed by atoms with Crippen molar-refractivity contribution in [3.05, 3.63) is 12.6 Å². The predicted molar refractivity (Wildman–Crippen MR) is 62.7 cm³/mol. The van der Waals surface area contributed by atoms with Gasteiger partial charge < -0.3 is 25.8 Å². The maximum Gasteiger partial charge on any atom is 0.167 e. The molecule has 3 heterocycles. The summed E-state index contributed by atoms with van der Waals surface area (Å²) >= 11 is 0. The molecular weight excluding hydrogens is 254 g/mol. The van der Waals surface area contributed by atoms with Gasteiger partial charge in [-0.05, 0) is 0 Å². The van der Waals surface area contributed by atoms with Crippen LogP contribution in [0.3, 0.4) is 0 Å². The first-order valence-electron chi connectivity index (χ1n) is 6.55. The van der Waals surface area contributed by atoms with Gasteiger partial charge >= 0.3 is 0 Å². The molecule has 9 nitrogen and oxygen atoms in total. The van der Waals surface area contributed by atoms with E-state index in [1.165, 1.54) is 0 Å². The van der Waals surface area contributed by atoms with Crippen molar-refractivity contribution in [2.24, 2.45) is 0 Å². The van der Waals surface area contributed by atoms with Gasteiger partial charge in [-0.15, -0.1) is 0 Å². The number of hydrogen-bond acceptors (Lipinski definition) is 8. The third-order valence-corrected chi connectivity index (χ3v) is 3.05. The highest BCUT2D eigenvalue weighted by molar-refractivity contribution is 5.81. The smallest absolute Gasteiger partial charge is 0.167 e. The van der Waals surface area contributed by atoms with Crippen LogP contribution in [0.5, 0.6) is 0 Å². The second kappa shape index (κ2) is 4.38. The SMILES string of the molecule is [2H]c1nc(N)c2nc([2H])n([C@@H]3O[C@H](CO)[C@H](O)C3O)c2n1. The van der Waals surface area contributed by atoms with Crippen molar-refractivity contribution in [2.75, 3.05) is 12.3 Å². The highest BCUT2D eigenvalue weighted by atomic mass is 16.6. The number of ether oxygens (including phenoxy) is 1. The topological polar surface area (TPSA) is 140 Å². The van der Waals surface area contributed by atoms with Crippen LogP contribution in [0.2, 0.25) is 0 Å². The summed E-state index contributed by atoms with van der Waals surface area (Å²) in [4.78, 5) is 11.3. The van der Waals surface area contributed by atoms with E-state index in [2.05, 4.69) is 15.0 Å². The van der Waals surface area contributed by atoms with E-state index in [0.29, 0.717) is 0 Å². The van der Waals surface area contributed by atoms with Crippen molar-refractivity contribution < 1.29 is 22.8 Å². The van der Waals surface area contributed by atoms with Crippen LogP contribution in [0.1, 0.15) is 8.97 Å². The van der Waals surface area contributed by atoms with Crippen LogP contribution < -0.4 is 5.73 Å². The lowest BCUT2D eigenvalue weighted by atomic mass is 10.1. The van der Waals surface area contributed by atoms with E-state index in [0.717, 1.165) is 4.57 Å². The Bertz CT molecular complexity index is 696. The third-order valence-electron chi connectivity index (χ3n) is 3.05. The van der Waals surface area contributed by atoms with Crippen molar-refractivity contribution in [2.45, 2.75) is 24.5 Å². The molecule has 1 fully saturated rings. The first-order valence-corrected chi connectivity index (χ1v) is 5.55. The van der Waals surface area contributed by atoms with E-state index in [4.69, 9.17) is 18.3 Å². The van der Waals surface area contributed by atoms with E-state index < -0.39 is 31.1 Å². The zero-order valence-electron chi connectivity index (χ0n) is 11.6. The van der Waals surface area contributed by atoms with Crippen LogP contribution in [0, 0.1) is 0 Å². The number of anilines is 1. The Kier molecular flexibility index (Phi) is 2.32. The number of hydrogen-bond donors (Lipinski definition) is 4. The number of rotatable bonds is 2. The molecule has 102 valence electrons. The zero-order valence-corrected chi connectivity index (χ0v) is 9.63. The van der Waals surface area contributed by atoms with Crippen molar-refractivity contribution in [3.63, 3.8) is 0 Å². The summed E-state index contributed by atoms with van der Waals surface area (Å²) in [6.45, 7) is -0.491. The van der Waals surface area contributed by atoms with Crippen LogP contribution in [0.25, 0.3) is 11.2 Å². The lowest BCUT2D eigenvalue weighted by Gasteiger charge is -2.16. The van der Waals surface area contributed by atoms with E-state index in [1.54, 1.807) is 0 Å². The standard InChI is InChI=1S/C10H13N5O4/c11-8-5-9(13-2-12-8)15(3-14-5)10-7(18)6(17)4(1-16)19-10/h2-4,6-7,10,16-18H,1H2,(H2,11,12,13)/t4-,6+,7?,10-/m1/s1/i2D,3D. The Morgan fingerprint density at radius 1 is 1.37 bits per heavy atom. The predicted octanol–water partition coefficient (Wildman–Crippen LogP) is -1.98. The monoisotopic (exact) mass is 269 g/mol. The lowest BCUT2D eigenvalue weighted by Crippen LogP contribution is -2.33. The van der Waals surface area contributed by atoms with Crippen LogP contribution in [-0.2, 0) is 4.74 Å². The zero-order chi connectivity index (χ0) is 15.3. The molecule has 2 aromatic rings. The van der Waals surface area contributed by atoms with Gasteiger partial charge in [-0.25, -0.2) is 15.0 Å². The molecule has 0 amide bonds. The average molecular weight is 269 g/mol. The normalized spacial score (nSPS) is 32.6. The fourth-order valence-corrected chi connectivity index (χ4v) is 2.04. The van der Waals surface area contributed by atoms with E-state index in [9.17, 15) is 10.2 Å². The second-order valence-electron chi connectivity index (χ2n) is 4.19. The van der Waals surface area contributed by atoms with Crippen molar-refractivity contribution in [1.29, 1.82) is 0 Å². The molecule has 1 aliphatic heterocycles. The number of fused-ring (bicyclic) bond motifs is 1. The van der Waals surface area contributed by atoms with Gasteiger partial charge in [0.15, 0.2) is 17.7 Å². The molecule has 0 radical (unpaired) electrons. The first kappa shape index (κ1) is 10.0. The molecule has 19 heavy (non-hydrogen) atoms.